The molecule has 0 aliphatic carbocycles. The van der Waals surface area contributed by atoms with Crippen molar-refractivity contribution >= 4 is 5.91 Å². The lowest BCUT2D eigenvalue weighted by Crippen LogP contribution is -2.35. The molecule has 0 aromatic carbocycles. The molecule has 0 aromatic rings. The van der Waals surface area contributed by atoms with E-state index in [2.05, 4.69) is 4.84 Å². The molecule has 0 spiro atoms. The number of aliphatic hydroxyl groups is 1. The Bertz CT molecular complexity index is 276. The van der Waals surface area contributed by atoms with Gasteiger partial charge in [-0.25, -0.2) is 5.06 Å². The van der Waals surface area contributed by atoms with E-state index in [0.29, 0.717) is 0 Å². The van der Waals surface area contributed by atoms with Crippen LogP contribution in [0.5, 0.6) is 0 Å². The third-order valence-corrected chi connectivity index (χ3v) is 1.96. The Labute approximate surface area is 91.2 Å². The number of hydrogen-bond acceptors (Lipinski definition) is 3. The number of alkyl halides is 3. The van der Waals surface area contributed by atoms with Crippen LogP contribution in [0, 0.1) is 0 Å². The number of nitrogens with zero attached hydrogens (tertiary/aromatic N) is 1. The molecule has 94 valence electrons. The first-order chi connectivity index (χ1) is 7.20. The molecule has 1 atom stereocenters. The Morgan fingerprint density at radius 1 is 1.56 bits per heavy atom. The summed E-state index contributed by atoms with van der Waals surface area (Å²) in [5, 5.41) is 10.0. The van der Waals surface area contributed by atoms with Gasteiger partial charge in [-0.1, -0.05) is 6.08 Å². The average Bonchev–Trinajstić information content (AvgIpc) is 2.21. The summed E-state index contributed by atoms with van der Waals surface area (Å²) >= 11 is 0. The van der Waals surface area contributed by atoms with Crippen molar-refractivity contribution in [3.8, 4) is 0 Å². The van der Waals surface area contributed by atoms with E-state index in [-0.39, 0.29) is 0 Å². The van der Waals surface area contributed by atoms with E-state index >= 15 is 0 Å². The smallest absolute Gasteiger partial charge is 0.383 e. The number of likely N-dealkylation sites (N-methyl/N-ethyl adjacent to an activating group) is 1. The molecule has 1 N–H and O–H groups in total. The Hall–Kier alpha value is -1.08. The summed E-state index contributed by atoms with van der Waals surface area (Å²) in [6, 6.07) is 0. The maximum Gasteiger partial charge on any atom is 0.412 e. The topological polar surface area (TPSA) is 49.8 Å². The first-order valence-corrected chi connectivity index (χ1v) is 4.43. The largest absolute Gasteiger partial charge is 0.412 e. The zero-order chi connectivity index (χ0) is 12.9. The first-order valence-electron chi connectivity index (χ1n) is 4.43. The van der Waals surface area contributed by atoms with E-state index in [1.807, 2.05) is 0 Å². The van der Waals surface area contributed by atoms with Crippen LogP contribution in [0.4, 0.5) is 13.2 Å². The molecule has 0 aromatic heterocycles. The minimum absolute atomic E-state index is 0.405. The van der Waals surface area contributed by atoms with Crippen molar-refractivity contribution in [3.05, 3.63) is 11.6 Å². The quantitative estimate of drug-likeness (QED) is 0.595. The number of aliphatic hydroxyl groups excluding tert-OH is 1. The number of hydroxylamine groups is 2. The molecule has 1 amide bonds. The Balaban J connectivity index is 4.37. The molecule has 0 saturated heterocycles. The molecule has 0 heterocycles. The normalized spacial score (nSPS) is 14.8. The zero-order valence-corrected chi connectivity index (χ0v) is 9.21. The summed E-state index contributed by atoms with van der Waals surface area (Å²) in [5.41, 5.74) is -0.848. The second-order valence-corrected chi connectivity index (χ2v) is 3.15. The number of carbonyl (C=O) groups is 1. The number of amides is 1. The molecule has 16 heavy (non-hydrogen) atoms. The molecule has 0 aliphatic heterocycles. The van der Waals surface area contributed by atoms with Crippen LogP contribution in [-0.2, 0) is 9.63 Å². The van der Waals surface area contributed by atoms with Gasteiger partial charge in [0.25, 0.3) is 5.91 Å². The maximum atomic E-state index is 12.1. The Morgan fingerprint density at radius 3 is 2.44 bits per heavy atom. The van der Waals surface area contributed by atoms with Gasteiger partial charge in [0.05, 0.1) is 7.11 Å². The van der Waals surface area contributed by atoms with Gasteiger partial charge in [0.1, 0.15) is 6.10 Å². The van der Waals surface area contributed by atoms with Gasteiger partial charge in [0, 0.05) is 19.0 Å². The van der Waals surface area contributed by atoms with Crippen molar-refractivity contribution in [2.45, 2.75) is 25.6 Å². The van der Waals surface area contributed by atoms with Crippen molar-refractivity contribution in [1.82, 2.24) is 5.06 Å². The molecular weight excluding hydrogens is 227 g/mol. The lowest BCUT2D eigenvalue weighted by molar-refractivity contribution is -0.177. The molecule has 0 unspecified atom stereocenters. The first kappa shape index (κ1) is 14.9. The number of halogens is 3. The highest BCUT2D eigenvalue weighted by Gasteiger charge is 2.30. The van der Waals surface area contributed by atoms with E-state index in [0.717, 1.165) is 18.1 Å². The fourth-order valence-electron chi connectivity index (χ4n) is 0.805. The number of allylic oxidation sites excluding steroid dienone is 1. The Kier molecular flexibility index (Phi) is 5.46. The van der Waals surface area contributed by atoms with E-state index < -0.39 is 30.2 Å². The third-order valence-electron chi connectivity index (χ3n) is 1.96. The molecule has 0 radical (unpaired) electrons. The summed E-state index contributed by atoms with van der Waals surface area (Å²) < 4.78 is 36.2. The second-order valence-electron chi connectivity index (χ2n) is 3.15. The monoisotopic (exact) mass is 241 g/mol. The third kappa shape index (κ3) is 4.63. The van der Waals surface area contributed by atoms with Gasteiger partial charge < -0.3 is 5.11 Å². The van der Waals surface area contributed by atoms with Crippen LogP contribution in [0.15, 0.2) is 11.6 Å². The van der Waals surface area contributed by atoms with E-state index in [1.54, 1.807) is 0 Å². The van der Waals surface area contributed by atoms with Crippen molar-refractivity contribution < 1.29 is 27.9 Å². The molecule has 7 heteroatoms. The molecule has 0 bridgehead atoms. The minimum Gasteiger partial charge on any atom is -0.383 e. The van der Waals surface area contributed by atoms with Crippen molar-refractivity contribution in [3.63, 3.8) is 0 Å². The summed E-state index contributed by atoms with van der Waals surface area (Å²) in [4.78, 5) is 15.7. The summed E-state index contributed by atoms with van der Waals surface area (Å²) in [7, 11) is 2.47. The molecule has 0 fully saturated rings. The SMILES string of the molecule is CON(C)C(=O)[C@@H](O)C/C=C(\C)C(F)(F)F. The maximum absolute atomic E-state index is 12.1. The number of carbonyl (C=O) groups excluding carboxylic acids is 1. The van der Waals surface area contributed by atoms with Gasteiger partial charge in [-0.2, -0.15) is 13.2 Å². The summed E-state index contributed by atoms with van der Waals surface area (Å²) in [5.74, 6) is -0.797. The van der Waals surface area contributed by atoms with E-state index in [1.165, 1.54) is 14.2 Å². The van der Waals surface area contributed by atoms with Gasteiger partial charge in [0.15, 0.2) is 0 Å². The van der Waals surface area contributed by atoms with Crippen LogP contribution >= 0.6 is 0 Å². The summed E-state index contributed by atoms with van der Waals surface area (Å²) in [6.45, 7) is 0.872. The van der Waals surface area contributed by atoms with Crippen LogP contribution < -0.4 is 0 Å². The second kappa shape index (κ2) is 5.86. The van der Waals surface area contributed by atoms with Crippen LogP contribution in [0.1, 0.15) is 13.3 Å². The van der Waals surface area contributed by atoms with E-state index in [4.69, 9.17) is 0 Å². The van der Waals surface area contributed by atoms with Crippen LogP contribution in [-0.4, -0.2) is 42.5 Å². The van der Waals surface area contributed by atoms with Crippen molar-refractivity contribution in [2.24, 2.45) is 0 Å². The van der Waals surface area contributed by atoms with Crippen LogP contribution in [0.2, 0.25) is 0 Å². The fourth-order valence-corrected chi connectivity index (χ4v) is 0.805. The molecule has 4 nitrogen and oxygen atoms in total. The standard InChI is InChI=1S/C9H14F3NO3/c1-6(9(10,11)12)4-5-7(14)8(15)13(2)16-3/h4,7,14H,5H2,1-3H3/b6-4+/t7-/m0/s1. The number of hydrogen-bond donors (Lipinski definition) is 1. The highest BCUT2D eigenvalue weighted by Crippen LogP contribution is 2.25. The van der Waals surface area contributed by atoms with E-state index in [9.17, 15) is 23.1 Å². The van der Waals surface area contributed by atoms with Gasteiger partial charge in [-0.3, -0.25) is 9.63 Å². The number of rotatable bonds is 4. The molecular formula is C9H14F3NO3. The highest BCUT2D eigenvalue weighted by molar-refractivity contribution is 5.79. The highest BCUT2D eigenvalue weighted by atomic mass is 19.4. The van der Waals surface area contributed by atoms with Crippen molar-refractivity contribution in [2.75, 3.05) is 14.2 Å². The van der Waals surface area contributed by atoms with Crippen molar-refractivity contribution in [1.29, 1.82) is 0 Å². The van der Waals surface area contributed by atoms with Gasteiger partial charge in [-0.15, -0.1) is 0 Å². The van der Waals surface area contributed by atoms with Gasteiger partial charge >= 0.3 is 6.18 Å². The predicted molar refractivity (Wildman–Crippen MR) is 50.2 cm³/mol. The zero-order valence-electron chi connectivity index (χ0n) is 9.21. The van der Waals surface area contributed by atoms with Gasteiger partial charge in [-0.05, 0) is 6.92 Å². The average molecular weight is 241 g/mol. The fraction of sp³-hybridized carbons (Fsp3) is 0.667. The predicted octanol–water partition coefficient (Wildman–Crippen LogP) is 1.27. The summed E-state index contributed by atoms with van der Waals surface area (Å²) in [6.07, 6.45) is -5.61. The lowest BCUT2D eigenvalue weighted by Gasteiger charge is -2.17. The minimum atomic E-state index is -4.43. The molecule has 0 aliphatic rings. The lowest BCUT2D eigenvalue weighted by atomic mass is 10.1. The van der Waals surface area contributed by atoms with Gasteiger partial charge in [0.2, 0.25) is 0 Å². The molecule has 0 saturated carbocycles. The Morgan fingerprint density at radius 2 is 2.06 bits per heavy atom. The molecule has 0 rings (SSSR count). The van der Waals surface area contributed by atoms with Crippen LogP contribution in [0.25, 0.3) is 0 Å². The van der Waals surface area contributed by atoms with Crippen LogP contribution in [0.3, 0.4) is 0 Å².